The van der Waals surface area contributed by atoms with E-state index >= 15 is 0 Å². The van der Waals surface area contributed by atoms with E-state index in [4.69, 9.17) is 11.6 Å². The Morgan fingerprint density at radius 1 is 0.931 bits per heavy atom. The molecule has 2 N–H and O–H groups in total. The first-order valence-electron chi connectivity index (χ1n) is 9.94. The van der Waals surface area contributed by atoms with Crippen molar-refractivity contribution in [3.05, 3.63) is 71.8 Å². The lowest BCUT2D eigenvalue weighted by Crippen LogP contribution is -2.48. The lowest BCUT2D eigenvalue weighted by molar-refractivity contribution is 0.240. The van der Waals surface area contributed by atoms with Gasteiger partial charge >= 0.3 is 6.03 Å². The van der Waals surface area contributed by atoms with Gasteiger partial charge in [-0.3, -0.25) is 4.90 Å². The molecule has 0 aliphatic carbocycles. The molecule has 0 bridgehead atoms. The molecule has 6 heteroatoms. The van der Waals surface area contributed by atoms with Gasteiger partial charge in [0.15, 0.2) is 0 Å². The highest BCUT2D eigenvalue weighted by molar-refractivity contribution is 6.30. The number of rotatable bonds is 5. The molecular weight excluding hydrogens is 384 g/mol. The standard InChI is InChI=1S/C23H25ClN4O/c24-19-7-4-8-20(17-19)28-15-13-27(14-16-28)12-11-25-23(29)26-22-10-3-6-18-5-1-2-9-21(18)22/h1-10,17H,11-16H2,(H2,25,26,29). The Kier molecular flexibility index (Phi) is 6.17. The van der Waals surface area contributed by atoms with Gasteiger partial charge in [-0.2, -0.15) is 0 Å². The van der Waals surface area contributed by atoms with E-state index in [2.05, 4.69) is 26.5 Å². The number of nitrogens with zero attached hydrogens (tertiary/aromatic N) is 2. The highest BCUT2D eigenvalue weighted by Crippen LogP contribution is 2.23. The zero-order valence-corrected chi connectivity index (χ0v) is 17.0. The summed E-state index contributed by atoms with van der Waals surface area (Å²) in [5.74, 6) is 0. The normalized spacial score (nSPS) is 14.7. The molecule has 4 rings (SSSR count). The predicted octanol–water partition coefficient (Wildman–Crippen LogP) is 4.44. The van der Waals surface area contributed by atoms with Crippen LogP contribution < -0.4 is 15.5 Å². The van der Waals surface area contributed by atoms with Crippen molar-refractivity contribution >= 4 is 39.8 Å². The van der Waals surface area contributed by atoms with Crippen LogP contribution >= 0.6 is 11.6 Å². The third kappa shape index (κ3) is 5.00. The number of hydrogen-bond acceptors (Lipinski definition) is 3. The summed E-state index contributed by atoms with van der Waals surface area (Å²) in [5.41, 5.74) is 2.00. The van der Waals surface area contributed by atoms with Crippen LogP contribution in [0.4, 0.5) is 16.2 Å². The van der Waals surface area contributed by atoms with Crippen LogP contribution in [0.5, 0.6) is 0 Å². The lowest BCUT2D eigenvalue weighted by Gasteiger charge is -2.36. The van der Waals surface area contributed by atoms with Gasteiger partial charge in [0.1, 0.15) is 0 Å². The van der Waals surface area contributed by atoms with E-state index in [-0.39, 0.29) is 6.03 Å². The van der Waals surface area contributed by atoms with Gasteiger partial charge in [-0.1, -0.05) is 54.1 Å². The van der Waals surface area contributed by atoms with Gasteiger partial charge in [0.2, 0.25) is 0 Å². The van der Waals surface area contributed by atoms with Crippen LogP contribution in [-0.2, 0) is 0 Å². The molecule has 1 aliphatic rings. The Morgan fingerprint density at radius 2 is 1.69 bits per heavy atom. The van der Waals surface area contributed by atoms with Crippen LogP contribution in [-0.4, -0.2) is 50.2 Å². The van der Waals surface area contributed by atoms with E-state index in [0.717, 1.165) is 54.2 Å². The molecule has 0 aromatic heterocycles. The number of anilines is 2. The van der Waals surface area contributed by atoms with E-state index in [1.54, 1.807) is 0 Å². The first kappa shape index (κ1) is 19.6. The lowest BCUT2D eigenvalue weighted by atomic mass is 10.1. The fraction of sp³-hybridized carbons (Fsp3) is 0.261. The van der Waals surface area contributed by atoms with Crippen molar-refractivity contribution in [2.75, 3.05) is 49.5 Å². The van der Waals surface area contributed by atoms with E-state index in [9.17, 15) is 4.79 Å². The van der Waals surface area contributed by atoms with E-state index in [1.807, 2.05) is 60.7 Å². The molecule has 1 aliphatic heterocycles. The van der Waals surface area contributed by atoms with Crippen LogP contribution in [0.1, 0.15) is 0 Å². The molecule has 1 fully saturated rings. The number of hydrogen-bond donors (Lipinski definition) is 2. The summed E-state index contributed by atoms with van der Waals surface area (Å²) in [7, 11) is 0. The molecule has 2 amide bonds. The first-order chi connectivity index (χ1) is 14.2. The van der Waals surface area contributed by atoms with Crippen molar-refractivity contribution < 1.29 is 4.79 Å². The van der Waals surface area contributed by atoms with Crippen LogP contribution in [0, 0.1) is 0 Å². The zero-order valence-electron chi connectivity index (χ0n) is 16.3. The fourth-order valence-electron chi connectivity index (χ4n) is 3.73. The molecular formula is C23H25ClN4O. The number of carbonyl (C=O) groups is 1. The molecule has 29 heavy (non-hydrogen) atoms. The van der Waals surface area contributed by atoms with E-state index < -0.39 is 0 Å². The molecule has 5 nitrogen and oxygen atoms in total. The van der Waals surface area contributed by atoms with Gasteiger partial charge in [-0.15, -0.1) is 0 Å². The van der Waals surface area contributed by atoms with Gasteiger partial charge in [0.25, 0.3) is 0 Å². The maximum absolute atomic E-state index is 12.3. The third-order valence-electron chi connectivity index (χ3n) is 5.30. The highest BCUT2D eigenvalue weighted by atomic mass is 35.5. The summed E-state index contributed by atoms with van der Waals surface area (Å²) in [6, 6.07) is 21.8. The van der Waals surface area contributed by atoms with Crippen molar-refractivity contribution in [3.8, 4) is 0 Å². The number of amides is 2. The molecule has 0 saturated carbocycles. The summed E-state index contributed by atoms with van der Waals surface area (Å²) in [6.45, 7) is 5.32. The van der Waals surface area contributed by atoms with Gasteiger partial charge < -0.3 is 15.5 Å². The Labute approximate surface area is 176 Å². The smallest absolute Gasteiger partial charge is 0.319 e. The number of benzene rings is 3. The minimum absolute atomic E-state index is 0.168. The second-order valence-electron chi connectivity index (χ2n) is 7.22. The maximum Gasteiger partial charge on any atom is 0.319 e. The van der Waals surface area contributed by atoms with E-state index in [0.29, 0.717) is 6.54 Å². The van der Waals surface area contributed by atoms with Crippen LogP contribution in [0.15, 0.2) is 66.7 Å². The number of halogens is 1. The Balaban J connectivity index is 1.22. The Morgan fingerprint density at radius 3 is 2.52 bits per heavy atom. The Hall–Kier alpha value is -2.76. The van der Waals surface area contributed by atoms with Gasteiger partial charge in [-0.05, 0) is 29.7 Å². The summed E-state index contributed by atoms with van der Waals surface area (Å²) < 4.78 is 0. The SMILES string of the molecule is O=C(NCCN1CCN(c2cccc(Cl)c2)CC1)Nc1cccc2ccccc12. The molecule has 0 spiro atoms. The topological polar surface area (TPSA) is 47.6 Å². The zero-order chi connectivity index (χ0) is 20.1. The number of piperazine rings is 1. The minimum Gasteiger partial charge on any atom is -0.369 e. The molecule has 1 heterocycles. The van der Waals surface area contributed by atoms with Crippen molar-refractivity contribution in [2.24, 2.45) is 0 Å². The van der Waals surface area contributed by atoms with Crippen LogP contribution in [0.3, 0.4) is 0 Å². The van der Waals surface area contributed by atoms with Crippen LogP contribution in [0.25, 0.3) is 10.8 Å². The summed E-state index contributed by atoms with van der Waals surface area (Å²) in [5, 5.41) is 8.87. The molecule has 0 unspecified atom stereocenters. The van der Waals surface area contributed by atoms with E-state index in [1.165, 1.54) is 5.69 Å². The summed E-state index contributed by atoms with van der Waals surface area (Å²) in [4.78, 5) is 17.0. The van der Waals surface area contributed by atoms with Crippen molar-refractivity contribution in [1.82, 2.24) is 10.2 Å². The first-order valence-corrected chi connectivity index (χ1v) is 10.3. The van der Waals surface area contributed by atoms with Gasteiger partial charge in [0, 0.05) is 55.4 Å². The maximum atomic E-state index is 12.3. The number of nitrogens with one attached hydrogen (secondary N) is 2. The molecule has 0 radical (unpaired) electrons. The minimum atomic E-state index is -0.168. The molecule has 1 saturated heterocycles. The number of carbonyl (C=O) groups excluding carboxylic acids is 1. The van der Waals surface area contributed by atoms with Gasteiger partial charge in [-0.25, -0.2) is 4.79 Å². The quantitative estimate of drug-likeness (QED) is 0.656. The van der Waals surface area contributed by atoms with Gasteiger partial charge in [0.05, 0.1) is 5.69 Å². The average molecular weight is 409 g/mol. The highest BCUT2D eigenvalue weighted by Gasteiger charge is 2.17. The van der Waals surface area contributed by atoms with Crippen molar-refractivity contribution in [3.63, 3.8) is 0 Å². The fourth-order valence-corrected chi connectivity index (χ4v) is 3.92. The Bertz CT molecular complexity index is 980. The predicted molar refractivity (Wildman–Crippen MR) is 121 cm³/mol. The third-order valence-corrected chi connectivity index (χ3v) is 5.53. The molecule has 3 aromatic rings. The van der Waals surface area contributed by atoms with Crippen molar-refractivity contribution in [2.45, 2.75) is 0 Å². The molecule has 3 aromatic carbocycles. The number of urea groups is 1. The molecule has 0 atom stereocenters. The number of fused-ring (bicyclic) bond motifs is 1. The summed E-state index contributed by atoms with van der Waals surface area (Å²) in [6.07, 6.45) is 0. The summed E-state index contributed by atoms with van der Waals surface area (Å²) >= 11 is 6.10. The molecule has 150 valence electrons. The monoisotopic (exact) mass is 408 g/mol. The van der Waals surface area contributed by atoms with Crippen molar-refractivity contribution in [1.29, 1.82) is 0 Å². The van der Waals surface area contributed by atoms with Crippen LogP contribution in [0.2, 0.25) is 5.02 Å². The average Bonchev–Trinajstić information content (AvgIpc) is 2.74. The second-order valence-corrected chi connectivity index (χ2v) is 7.65. The largest absolute Gasteiger partial charge is 0.369 e. The second kappa shape index (κ2) is 9.16.